The van der Waals surface area contributed by atoms with Crippen LogP contribution < -0.4 is 11.3 Å². The summed E-state index contributed by atoms with van der Waals surface area (Å²) < 4.78 is 11.2. The predicted molar refractivity (Wildman–Crippen MR) is 83.8 cm³/mol. The summed E-state index contributed by atoms with van der Waals surface area (Å²) in [6.07, 6.45) is -4.68. The second kappa shape index (κ2) is 6.94. The number of hydrogen-bond donors (Lipinski definition) is 6. The lowest BCUT2D eigenvalue weighted by Gasteiger charge is -2.17. The van der Waals surface area contributed by atoms with E-state index in [1.807, 2.05) is 0 Å². The number of aliphatic hydroxyl groups excluding tert-OH is 3. The van der Waals surface area contributed by atoms with Crippen molar-refractivity contribution in [3.05, 3.63) is 22.1 Å². The normalized spacial score (nSPS) is 27.9. The number of nitrogens with two attached hydrogens (primary N) is 1. The first-order valence-corrected chi connectivity index (χ1v) is 8.52. The molecule has 3 rings (SSSR count). The van der Waals surface area contributed by atoms with E-state index in [9.17, 15) is 15.0 Å². The SMILES string of the molecule is Cc1cn([C@@H]2O[C@H](OOP(O)CO)C(O)[C@@H]2O)c2nc(N)[nH]c(=O)c12. The van der Waals surface area contributed by atoms with E-state index in [2.05, 4.69) is 14.6 Å². The van der Waals surface area contributed by atoms with Crippen LogP contribution in [-0.4, -0.2) is 59.6 Å². The van der Waals surface area contributed by atoms with E-state index in [4.69, 9.17) is 25.4 Å². The molecule has 2 aromatic heterocycles. The van der Waals surface area contributed by atoms with Crippen molar-refractivity contribution in [3.8, 4) is 0 Å². The molecule has 0 aromatic carbocycles. The molecule has 0 radical (unpaired) electrons. The summed E-state index contributed by atoms with van der Waals surface area (Å²) in [5.74, 6) is -0.116. The molecule has 13 heteroatoms. The molecular weight excluding hydrogens is 359 g/mol. The van der Waals surface area contributed by atoms with Gasteiger partial charge in [-0.05, 0) is 12.5 Å². The van der Waals surface area contributed by atoms with Crippen LogP contribution in [-0.2, 0) is 14.3 Å². The van der Waals surface area contributed by atoms with Crippen molar-refractivity contribution in [2.24, 2.45) is 0 Å². The Labute approximate surface area is 141 Å². The minimum absolute atomic E-state index is 0.116. The van der Waals surface area contributed by atoms with Crippen LogP contribution in [0.4, 0.5) is 5.95 Å². The van der Waals surface area contributed by atoms with Crippen molar-refractivity contribution in [2.45, 2.75) is 31.6 Å². The third-order valence-corrected chi connectivity index (χ3v) is 4.20. The van der Waals surface area contributed by atoms with Crippen molar-refractivity contribution in [2.75, 3.05) is 12.1 Å². The third-order valence-electron chi connectivity index (χ3n) is 3.70. The number of aromatic amines is 1. The quantitative estimate of drug-likeness (QED) is 0.201. The van der Waals surface area contributed by atoms with Gasteiger partial charge in [-0.3, -0.25) is 9.78 Å². The zero-order valence-electron chi connectivity index (χ0n) is 12.9. The number of H-pyrrole nitrogens is 1. The standard InChI is InChI=1S/C12H17N4O8P/c1-4-2-16(8-5(4)9(20)15-12(13)14-8)10-6(18)7(19)11(22-10)23-24-25(21)3-17/h2,6-7,10-11,17-19,21H,3H2,1H3,(H3,13,14,15,20)/t6-,7?,10+,11+,25?/m0/s1. The van der Waals surface area contributed by atoms with Gasteiger partial charge in [0, 0.05) is 6.20 Å². The Kier molecular flexibility index (Phi) is 5.04. The summed E-state index contributed by atoms with van der Waals surface area (Å²) >= 11 is 0. The van der Waals surface area contributed by atoms with Crippen molar-refractivity contribution in [1.29, 1.82) is 0 Å². The van der Waals surface area contributed by atoms with Crippen LogP contribution in [0.25, 0.3) is 11.0 Å². The topological polar surface area (TPSA) is 185 Å². The second-order valence-corrected chi connectivity index (χ2v) is 6.55. The minimum Gasteiger partial charge on any atom is -0.387 e. The van der Waals surface area contributed by atoms with Crippen LogP contribution in [0.1, 0.15) is 11.8 Å². The molecule has 1 aliphatic heterocycles. The minimum atomic E-state index is -2.25. The molecule has 0 amide bonds. The molecule has 0 saturated carbocycles. The monoisotopic (exact) mass is 376 g/mol. The molecule has 0 aliphatic carbocycles. The Hall–Kier alpha value is -1.63. The van der Waals surface area contributed by atoms with E-state index < -0.39 is 45.0 Å². The maximum absolute atomic E-state index is 12.0. The summed E-state index contributed by atoms with van der Waals surface area (Å²) in [5.41, 5.74) is 5.84. The van der Waals surface area contributed by atoms with Gasteiger partial charge >= 0.3 is 0 Å². The number of fused-ring (bicyclic) bond motifs is 1. The Morgan fingerprint density at radius 3 is 2.88 bits per heavy atom. The van der Waals surface area contributed by atoms with Gasteiger partial charge in [0.2, 0.25) is 20.6 Å². The number of nitrogens with one attached hydrogen (secondary N) is 1. The Morgan fingerprint density at radius 2 is 2.20 bits per heavy atom. The Morgan fingerprint density at radius 1 is 1.48 bits per heavy atom. The maximum atomic E-state index is 12.0. The number of rotatable bonds is 5. The van der Waals surface area contributed by atoms with E-state index in [-0.39, 0.29) is 17.0 Å². The van der Waals surface area contributed by atoms with E-state index in [0.29, 0.717) is 5.56 Å². The number of aliphatic hydroxyl groups is 3. The summed E-state index contributed by atoms with van der Waals surface area (Å²) in [4.78, 5) is 32.3. The molecule has 25 heavy (non-hydrogen) atoms. The number of anilines is 1. The first-order chi connectivity index (χ1) is 11.8. The zero-order chi connectivity index (χ0) is 18.3. The fourth-order valence-electron chi connectivity index (χ4n) is 2.60. The van der Waals surface area contributed by atoms with Gasteiger partial charge in [0.25, 0.3) is 5.56 Å². The molecule has 3 heterocycles. The molecule has 1 aliphatic rings. The maximum Gasteiger partial charge on any atom is 0.262 e. The van der Waals surface area contributed by atoms with E-state index >= 15 is 0 Å². The molecule has 5 atom stereocenters. The van der Waals surface area contributed by atoms with Crippen molar-refractivity contribution < 1.29 is 34.5 Å². The Balaban J connectivity index is 1.92. The van der Waals surface area contributed by atoms with Gasteiger partial charge in [-0.2, -0.15) is 14.5 Å². The average Bonchev–Trinajstić information content (AvgIpc) is 3.03. The van der Waals surface area contributed by atoms with Gasteiger partial charge in [0.15, 0.2) is 11.9 Å². The highest BCUT2D eigenvalue weighted by Gasteiger charge is 2.46. The molecular formula is C12H17N4O8P. The van der Waals surface area contributed by atoms with Crippen LogP contribution >= 0.6 is 8.38 Å². The smallest absolute Gasteiger partial charge is 0.262 e. The van der Waals surface area contributed by atoms with Crippen LogP contribution in [0.3, 0.4) is 0 Å². The van der Waals surface area contributed by atoms with Gasteiger partial charge in [-0.25, -0.2) is 0 Å². The zero-order valence-corrected chi connectivity index (χ0v) is 13.8. The molecule has 12 nitrogen and oxygen atoms in total. The molecule has 1 saturated heterocycles. The van der Waals surface area contributed by atoms with Crippen molar-refractivity contribution >= 4 is 25.4 Å². The lowest BCUT2D eigenvalue weighted by molar-refractivity contribution is -0.332. The number of hydrogen-bond acceptors (Lipinski definition) is 10. The first-order valence-electron chi connectivity index (χ1n) is 7.12. The van der Waals surface area contributed by atoms with Gasteiger partial charge in [-0.15, -0.1) is 0 Å². The first kappa shape index (κ1) is 18.2. The lowest BCUT2D eigenvalue weighted by atomic mass is 10.2. The average molecular weight is 376 g/mol. The van der Waals surface area contributed by atoms with Crippen LogP contribution in [0, 0.1) is 6.92 Å². The van der Waals surface area contributed by atoms with E-state index in [1.54, 1.807) is 6.92 Å². The molecule has 7 N–H and O–H groups in total. The third kappa shape index (κ3) is 3.26. The molecule has 138 valence electrons. The second-order valence-electron chi connectivity index (χ2n) is 5.41. The van der Waals surface area contributed by atoms with Gasteiger partial charge in [0.05, 0.1) is 5.39 Å². The van der Waals surface area contributed by atoms with Crippen LogP contribution in [0.2, 0.25) is 0 Å². The van der Waals surface area contributed by atoms with Gasteiger partial charge < -0.3 is 35.3 Å². The number of nitrogens with zero attached hydrogens (tertiary/aromatic N) is 2. The number of aromatic nitrogens is 3. The summed E-state index contributed by atoms with van der Waals surface area (Å²) in [6, 6.07) is 0. The Bertz CT molecular complexity index is 825. The van der Waals surface area contributed by atoms with Gasteiger partial charge in [-0.1, -0.05) is 0 Å². The molecule has 0 spiro atoms. The summed E-state index contributed by atoms with van der Waals surface area (Å²) in [5, 5.41) is 29.2. The molecule has 0 bridgehead atoms. The highest BCUT2D eigenvalue weighted by atomic mass is 31.2. The van der Waals surface area contributed by atoms with Crippen molar-refractivity contribution in [1.82, 2.24) is 14.5 Å². The largest absolute Gasteiger partial charge is 0.387 e. The van der Waals surface area contributed by atoms with Crippen molar-refractivity contribution in [3.63, 3.8) is 0 Å². The number of ether oxygens (including phenoxy) is 1. The van der Waals surface area contributed by atoms with E-state index in [0.717, 1.165) is 0 Å². The fourth-order valence-corrected chi connectivity index (χ4v) is 2.83. The molecule has 2 aromatic rings. The predicted octanol–water partition coefficient (Wildman–Crippen LogP) is -1.61. The highest BCUT2D eigenvalue weighted by Crippen LogP contribution is 2.36. The highest BCUT2D eigenvalue weighted by molar-refractivity contribution is 7.45. The van der Waals surface area contributed by atoms with Crippen LogP contribution in [0.5, 0.6) is 0 Å². The summed E-state index contributed by atoms with van der Waals surface area (Å²) in [6.45, 7) is 1.67. The molecule has 1 fully saturated rings. The fraction of sp³-hybridized carbons (Fsp3) is 0.500. The van der Waals surface area contributed by atoms with E-state index in [1.165, 1.54) is 10.8 Å². The van der Waals surface area contributed by atoms with Gasteiger partial charge in [0.1, 0.15) is 18.6 Å². The lowest BCUT2D eigenvalue weighted by Crippen LogP contribution is -2.32. The number of nitrogen functional groups attached to an aromatic ring is 1. The molecule has 2 unspecified atom stereocenters. The summed E-state index contributed by atoms with van der Waals surface area (Å²) in [7, 11) is -2.25. The number of aryl methyl sites for hydroxylation is 1. The van der Waals surface area contributed by atoms with Crippen LogP contribution in [0.15, 0.2) is 11.0 Å².